The summed E-state index contributed by atoms with van der Waals surface area (Å²) in [4.78, 5) is 54.3. The van der Waals surface area contributed by atoms with Crippen molar-refractivity contribution >= 4 is 35.9 Å². The Morgan fingerprint density at radius 2 is 1.91 bits per heavy atom. The zero-order valence-electron chi connectivity index (χ0n) is 18.7. The summed E-state index contributed by atoms with van der Waals surface area (Å²) in [6.45, 7) is 3.20. The number of aldehydes is 1. The number of carbonyl (C=O) groups excluding carboxylic acids is 2. The van der Waals surface area contributed by atoms with E-state index in [1.54, 1.807) is 13.8 Å². The number of carboxylic acids is 2. The number of fused-ring (bicyclic) bond motifs is 1. The van der Waals surface area contributed by atoms with Gasteiger partial charge in [-0.15, -0.1) is 17.2 Å². The van der Waals surface area contributed by atoms with E-state index >= 15 is 0 Å². The van der Waals surface area contributed by atoms with E-state index in [1.165, 1.54) is 42.5 Å². The van der Waals surface area contributed by atoms with Crippen LogP contribution < -0.4 is 16.1 Å². The Hall–Kier alpha value is -3.61. The molecule has 4 rings (SSSR count). The topological polar surface area (TPSA) is 179 Å². The van der Waals surface area contributed by atoms with Gasteiger partial charge in [0.05, 0.1) is 17.2 Å². The highest BCUT2D eigenvalue weighted by atomic mass is 32.2. The van der Waals surface area contributed by atoms with E-state index in [2.05, 4.69) is 5.48 Å². The molecule has 2 aliphatic heterocycles. The Labute approximate surface area is 203 Å². The first-order chi connectivity index (χ1) is 16.4. The van der Waals surface area contributed by atoms with Crippen molar-refractivity contribution in [3.05, 3.63) is 59.2 Å². The average Bonchev–Trinajstić information content (AvgIpc) is 2.97. The number of carboxylic acid groups (broad SMARTS) is 2. The van der Waals surface area contributed by atoms with Crippen molar-refractivity contribution in [2.24, 2.45) is 5.73 Å². The number of thioether (sulfide) groups is 1. The number of nitrogens with one attached hydrogen (secondary N) is 1. The maximum atomic E-state index is 13.0. The van der Waals surface area contributed by atoms with Crippen LogP contribution in [0.15, 0.2) is 42.5 Å². The van der Waals surface area contributed by atoms with Gasteiger partial charge < -0.3 is 30.7 Å². The Bertz CT molecular complexity index is 1250. The second-order valence-corrected chi connectivity index (χ2v) is 10.7. The van der Waals surface area contributed by atoms with Crippen LogP contribution in [0, 0.1) is 0 Å². The van der Waals surface area contributed by atoms with Crippen LogP contribution in [0.5, 0.6) is 11.5 Å². The number of benzene rings is 2. The molecule has 2 aromatic rings. The van der Waals surface area contributed by atoms with Crippen LogP contribution in [-0.4, -0.2) is 54.8 Å². The largest absolute Gasteiger partial charge is 0.508 e. The molecule has 2 heterocycles. The van der Waals surface area contributed by atoms with E-state index in [0.29, 0.717) is 17.4 Å². The number of hydrogen-bond acceptors (Lipinski definition) is 9. The number of rotatable bonds is 8. The molecule has 35 heavy (non-hydrogen) atoms. The highest BCUT2D eigenvalue weighted by molar-refractivity contribution is 8.02. The Balaban J connectivity index is 1.85. The first-order valence-electron chi connectivity index (χ1n) is 10.5. The molecule has 184 valence electrons. The van der Waals surface area contributed by atoms with Gasteiger partial charge in [-0.2, -0.15) is 0 Å². The van der Waals surface area contributed by atoms with Crippen LogP contribution in [0.25, 0.3) is 0 Å². The minimum absolute atomic E-state index is 0.119. The van der Waals surface area contributed by atoms with Gasteiger partial charge in [-0.3, -0.25) is 9.69 Å². The fourth-order valence-corrected chi connectivity index (χ4v) is 6.75. The van der Waals surface area contributed by atoms with Crippen LogP contribution >= 0.6 is 11.8 Å². The van der Waals surface area contributed by atoms with Gasteiger partial charge in [0.25, 0.3) is 0 Å². The molecule has 12 heteroatoms. The number of phenols is 1. The summed E-state index contributed by atoms with van der Waals surface area (Å²) in [5, 5.41) is 30.1. The SMILES string of the molecule is CC1(C)SC2(c3cc(O)ccc3C(N)C=O)CC(=O)N2C1(NOc1ccccc1C(=O)O)C(=O)O. The third-order valence-electron chi connectivity index (χ3n) is 6.33. The van der Waals surface area contributed by atoms with Crippen molar-refractivity contribution in [1.29, 1.82) is 0 Å². The van der Waals surface area contributed by atoms with Crippen molar-refractivity contribution in [1.82, 2.24) is 10.4 Å². The highest BCUT2D eigenvalue weighted by Crippen LogP contribution is 2.67. The lowest BCUT2D eigenvalue weighted by atomic mass is 9.82. The minimum Gasteiger partial charge on any atom is -0.508 e. The Kier molecular flexibility index (Phi) is 5.78. The molecule has 0 spiro atoms. The fourth-order valence-electron chi connectivity index (χ4n) is 4.72. The minimum atomic E-state index is -2.16. The van der Waals surface area contributed by atoms with E-state index in [4.69, 9.17) is 10.6 Å². The van der Waals surface area contributed by atoms with Gasteiger partial charge in [-0.25, -0.2) is 9.59 Å². The van der Waals surface area contributed by atoms with Crippen LogP contribution in [0.4, 0.5) is 0 Å². The summed E-state index contributed by atoms with van der Waals surface area (Å²) in [6, 6.07) is 8.74. The number of β-lactam (4-membered cyclic amide) rings is 1. The number of nitrogens with zero attached hydrogens (tertiary/aromatic N) is 1. The number of amides is 1. The number of carbonyl (C=O) groups is 4. The number of hydroxylamine groups is 1. The summed E-state index contributed by atoms with van der Waals surface area (Å²) in [5.41, 5.74) is 6.75. The monoisotopic (exact) mass is 501 g/mol. The first-order valence-corrected chi connectivity index (χ1v) is 11.3. The Morgan fingerprint density at radius 1 is 1.23 bits per heavy atom. The second kappa shape index (κ2) is 8.26. The maximum Gasteiger partial charge on any atom is 0.349 e. The third kappa shape index (κ3) is 3.44. The molecule has 0 saturated carbocycles. The molecule has 2 aliphatic rings. The van der Waals surface area contributed by atoms with Gasteiger partial charge in [-0.05, 0) is 49.2 Å². The van der Waals surface area contributed by atoms with Crippen molar-refractivity contribution in [3.63, 3.8) is 0 Å². The highest BCUT2D eigenvalue weighted by Gasteiger charge is 2.77. The second-order valence-electron chi connectivity index (χ2n) is 8.76. The molecule has 2 saturated heterocycles. The van der Waals surface area contributed by atoms with Crippen molar-refractivity contribution < 1.29 is 39.3 Å². The molecule has 0 radical (unpaired) electrons. The summed E-state index contributed by atoms with van der Waals surface area (Å²) in [7, 11) is 0. The van der Waals surface area contributed by atoms with Gasteiger partial charge in [0, 0.05) is 0 Å². The molecule has 11 nitrogen and oxygen atoms in total. The number of phenolic OH excluding ortho intramolecular Hbond substituents is 1. The summed E-state index contributed by atoms with van der Waals surface area (Å²) in [5.74, 6) is -3.55. The lowest BCUT2D eigenvalue weighted by Crippen LogP contribution is -2.76. The van der Waals surface area contributed by atoms with Crippen LogP contribution in [0.2, 0.25) is 0 Å². The van der Waals surface area contributed by atoms with Crippen molar-refractivity contribution in [2.45, 2.75) is 41.6 Å². The number of aromatic hydroxyl groups is 1. The molecular formula is C23H23N3O8S. The zero-order valence-corrected chi connectivity index (χ0v) is 19.5. The number of nitrogens with two attached hydrogens (primary N) is 1. The smallest absolute Gasteiger partial charge is 0.349 e. The zero-order chi connectivity index (χ0) is 25.8. The fraction of sp³-hybridized carbons (Fsp3) is 0.304. The van der Waals surface area contributed by atoms with Gasteiger partial charge in [-0.1, -0.05) is 18.2 Å². The lowest BCUT2D eigenvalue weighted by molar-refractivity contribution is -0.189. The molecule has 6 N–H and O–H groups in total. The van der Waals surface area contributed by atoms with Crippen molar-refractivity contribution in [3.8, 4) is 11.5 Å². The third-order valence-corrected chi connectivity index (χ3v) is 8.02. The molecule has 0 aromatic heterocycles. The van der Waals surface area contributed by atoms with E-state index in [1.807, 2.05) is 0 Å². The van der Waals surface area contributed by atoms with Crippen molar-refractivity contribution in [2.75, 3.05) is 0 Å². The van der Waals surface area contributed by atoms with E-state index in [9.17, 15) is 34.5 Å². The Morgan fingerprint density at radius 3 is 2.51 bits per heavy atom. The number of aliphatic carboxylic acids is 1. The van der Waals surface area contributed by atoms with Gasteiger partial charge in [0.1, 0.15) is 22.5 Å². The molecule has 3 unspecified atom stereocenters. The quantitative estimate of drug-likeness (QED) is 0.201. The van der Waals surface area contributed by atoms with E-state index in [0.717, 1.165) is 16.7 Å². The predicted molar refractivity (Wildman–Crippen MR) is 123 cm³/mol. The molecule has 2 aromatic carbocycles. The summed E-state index contributed by atoms with van der Waals surface area (Å²) < 4.78 is -1.25. The molecule has 1 amide bonds. The van der Waals surface area contributed by atoms with Gasteiger partial charge in [0.2, 0.25) is 11.6 Å². The van der Waals surface area contributed by atoms with E-state index in [-0.39, 0.29) is 23.5 Å². The van der Waals surface area contributed by atoms with Gasteiger partial charge in [0.15, 0.2) is 5.75 Å². The predicted octanol–water partition coefficient (Wildman–Crippen LogP) is 1.56. The molecule has 3 atom stereocenters. The van der Waals surface area contributed by atoms with Crippen LogP contribution in [-0.2, 0) is 19.3 Å². The molecular weight excluding hydrogens is 478 g/mol. The van der Waals surface area contributed by atoms with Crippen LogP contribution in [0.1, 0.15) is 47.8 Å². The number of aromatic carboxylic acids is 1. The molecule has 2 fully saturated rings. The number of hydrogen-bond donors (Lipinski definition) is 5. The maximum absolute atomic E-state index is 13.0. The average molecular weight is 502 g/mol. The van der Waals surface area contributed by atoms with Gasteiger partial charge >= 0.3 is 11.9 Å². The number of para-hydroxylation sites is 1. The normalized spacial score (nSPS) is 25.3. The van der Waals surface area contributed by atoms with E-state index < -0.39 is 39.2 Å². The van der Waals surface area contributed by atoms with Crippen LogP contribution in [0.3, 0.4) is 0 Å². The molecule has 0 aliphatic carbocycles. The standard InChI is InChI=1S/C23H23N3O8S/c1-21(2)23(20(32)33,25-34-17-6-4-3-5-14(17)19(30)31)26-18(29)10-22(26,35-21)15-9-12(28)7-8-13(15)16(24)11-27/h3-9,11,16,25,28H,10,24H2,1-2H3,(H,30,31)(H,32,33). The summed E-state index contributed by atoms with van der Waals surface area (Å²) >= 11 is 1.14. The summed E-state index contributed by atoms with van der Waals surface area (Å²) in [6.07, 6.45) is 0.391. The lowest BCUT2D eigenvalue weighted by Gasteiger charge is -2.52. The molecule has 0 bridgehead atoms. The first kappa shape index (κ1) is 24.5.